The van der Waals surface area contributed by atoms with E-state index < -0.39 is 5.60 Å². The lowest BCUT2D eigenvalue weighted by Gasteiger charge is -2.22. The molecule has 0 aliphatic heterocycles. The molecule has 20 heavy (non-hydrogen) atoms. The highest BCUT2D eigenvalue weighted by Gasteiger charge is 2.19. The van der Waals surface area contributed by atoms with E-state index in [1.807, 2.05) is 32.9 Å². The third-order valence-corrected chi connectivity index (χ3v) is 3.27. The second-order valence-corrected chi connectivity index (χ2v) is 5.66. The van der Waals surface area contributed by atoms with E-state index in [-0.39, 0.29) is 12.5 Å². The SMILES string of the molecule is CCCC(C)(O)CNC(=O)/C=C/c1ccc(C)cc1C. The molecule has 0 spiro atoms. The van der Waals surface area contributed by atoms with Crippen LogP contribution in [0.5, 0.6) is 0 Å². The number of carbonyl (C=O) groups excluding carboxylic acids is 1. The van der Waals surface area contributed by atoms with E-state index >= 15 is 0 Å². The number of amides is 1. The summed E-state index contributed by atoms with van der Waals surface area (Å²) < 4.78 is 0. The van der Waals surface area contributed by atoms with Crippen molar-refractivity contribution in [2.24, 2.45) is 0 Å². The fourth-order valence-corrected chi connectivity index (χ4v) is 2.14. The Bertz CT molecular complexity index is 490. The van der Waals surface area contributed by atoms with Gasteiger partial charge >= 0.3 is 0 Å². The Balaban J connectivity index is 2.56. The number of nitrogens with one attached hydrogen (secondary N) is 1. The van der Waals surface area contributed by atoms with Crippen molar-refractivity contribution in [3.8, 4) is 0 Å². The van der Waals surface area contributed by atoms with Gasteiger partial charge in [0.2, 0.25) is 5.91 Å². The molecular weight excluding hydrogens is 250 g/mol. The van der Waals surface area contributed by atoms with Crippen LogP contribution in [-0.4, -0.2) is 23.2 Å². The molecule has 3 heteroatoms. The molecule has 0 saturated heterocycles. The fourth-order valence-electron chi connectivity index (χ4n) is 2.14. The van der Waals surface area contributed by atoms with Crippen LogP contribution in [0.4, 0.5) is 0 Å². The highest BCUT2D eigenvalue weighted by Crippen LogP contribution is 2.12. The molecular formula is C17H25NO2. The Kier molecular flexibility index (Phi) is 5.96. The molecule has 1 unspecified atom stereocenters. The fraction of sp³-hybridized carbons (Fsp3) is 0.471. The highest BCUT2D eigenvalue weighted by atomic mass is 16.3. The van der Waals surface area contributed by atoms with Crippen LogP contribution in [0.25, 0.3) is 6.08 Å². The van der Waals surface area contributed by atoms with Gasteiger partial charge in [-0.1, -0.05) is 37.1 Å². The first-order valence-corrected chi connectivity index (χ1v) is 7.09. The molecule has 110 valence electrons. The van der Waals surface area contributed by atoms with E-state index in [1.54, 1.807) is 13.0 Å². The minimum atomic E-state index is -0.835. The van der Waals surface area contributed by atoms with Gasteiger partial charge in [0, 0.05) is 12.6 Å². The number of hydrogen-bond donors (Lipinski definition) is 2. The molecule has 0 radical (unpaired) electrons. The van der Waals surface area contributed by atoms with Gasteiger partial charge in [0.25, 0.3) is 0 Å². The third kappa shape index (κ3) is 5.57. The first-order chi connectivity index (χ1) is 9.34. The van der Waals surface area contributed by atoms with Crippen molar-refractivity contribution in [2.75, 3.05) is 6.54 Å². The molecule has 1 atom stereocenters. The normalized spacial score (nSPS) is 14.2. The van der Waals surface area contributed by atoms with Crippen molar-refractivity contribution in [1.29, 1.82) is 0 Å². The largest absolute Gasteiger partial charge is 0.388 e. The average molecular weight is 275 g/mol. The summed E-state index contributed by atoms with van der Waals surface area (Å²) >= 11 is 0. The van der Waals surface area contributed by atoms with E-state index in [4.69, 9.17) is 0 Å². The van der Waals surface area contributed by atoms with E-state index in [0.717, 1.165) is 17.5 Å². The molecule has 3 nitrogen and oxygen atoms in total. The number of aliphatic hydroxyl groups is 1. The zero-order chi connectivity index (χ0) is 15.2. The highest BCUT2D eigenvalue weighted by molar-refractivity contribution is 5.91. The van der Waals surface area contributed by atoms with Crippen LogP contribution in [0.2, 0.25) is 0 Å². The van der Waals surface area contributed by atoms with E-state index in [0.29, 0.717) is 6.42 Å². The first kappa shape index (κ1) is 16.4. The summed E-state index contributed by atoms with van der Waals surface area (Å²) in [6.45, 7) is 8.09. The molecule has 0 bridgehead atoms. The Labute approximate surface area is 121 Å². The van der Waals surface area contributed by atoms with Crippen molar-refractivity contribution in [2.45, 2.75) is 46.1 Å². The number of rotatable bonds is 6. The number of aryl methyl sites for hydroxylation is 2. The van der Waals surface area contributed by atoms with Gasteiger partial charge in [-0.05, 0) is 44.4 Å². The smallest absolute Gasteiger partial charge is 0.244 e. The first-order valence-electron chi connectivity index (χ1n) is 7.09. The van der Waals surface area contributed by atoms with Crippen LogP contribution in [0.1, 0.15) is 43.4 Å². The summed E-state index contributed by atoms with van der Waals surface area (Å²) in [7, 11) is 0. The zero-order valence-electron chi connectivity index (χ0n) is 12.9. The van der Waals surface area contributed by atoms with Gasteiger partial charge in [-0.3, -0.25) is 4.79 Å². The summed E-state index contributed by atoms with van der Waals surface area (Å²) in [6.07, 6.45) is 4.88. The Morgan fingerprint density at radius 3 is 2.70 bits per heavy atom. The van der Waals surface area contributed by atoms with Crippen molar-refractivity contribution in [3.63, 3.8) is 0 Å². The van der Waals surface area contributed by atoms with Crippen molar-refractivity contribution in [3.05, 3.63) is 41.0 Å². The van der Waals surface area contributed by atoms with Crippen LogP contribution in [0.15, 0.2) is 24.3 Å². The number of carbonyl (C=O) groups is 1. The summed E-state index contributed by atoms with van der Waals surface area (Å²) in [5.41, 5.74) is 2.55. The molecule has 0 aliphatic carbocycles. The predicted molar refractivity (Wildman–Crippen MR) is 83.5 cm³/mol. The molecule has 0 fully saturated rings. The molecule has 1 aromatic carbocycles. The summed E-state index contributed by atoms with van der Waals surface area (Å²) in [6, 6.07) is 6.11. The van der Waals surface area contributed by atoms with Gasteiger partial charge in [-0.25, -0.2) is 0 Å². The lowest BCUT2D eigenvalue weighted by atomic mass is 10.0. The van der Waals surface area contributed by atoms with Gasteiger partial charge in [0.1, 0.15) is 0 Å². The zero-order valence-corrected chi connectivity index (χ0v) is 12.9. The second-order valence-electron chi connectivity index (χ2n) is 5.66. The summed E-state index contributed by atoms with van der Waals surface area (Å²) in [5.74, 6) is -0.179. The van der Waals surface area contributed by atoms with Gasteiger partial charge in [0.05, 0.1) is 5.60 Å². The number of benzene rings is 1. The van der Waals surface area contributed by atoms with Crippen LogP contribution < -0.4 is 5.32 Å². The van der Waals surface area contributed by atoms with Crippen molar-refractivity contribution >= 4 is 12.0 Å². The lowest BCUT2D eigenvalue weighted by Crippen LogP contribution is -2.39. The van der Waals surface area contributed by atoms with E-state index in [9.17, 15) is 9.90 Å². The molecule has 2 N–H and O–H groups in total. The maximum Gasteiger partial charge on any atom is 0.244 e. The Morgan fingerprint density at radius 1 is 1.40 bits per heavy atom. The maximum absolute atomic E-state index is 11.7. The van der Waals surface area contributed by atoms with E-state index in [1.165, 1.54) is 11.6 Å². The van der Waals surface area contributed by atoms with Crippen molar-refractivity contribution in [1.82, 2.24) is 5.32 Å². The summed E-state index contributed by atoms with van der Waals surface area (Å²) in [5, 5.41) is 12.7. The quantitative estimate of drug-likeness (QED) is 0.784. The predicted octanol–water partition coefficient (Wildman–Crippen LogP) is 2.98. The molecule has 0 aliphatic rings. The van der Waals surface area contributed by atoms with Gasteiger partial charge in [0.15, 0.2) is 0 Å². The standard InChI is InChI=1S/C17H25NO2/c1-5-10-17(4,20)12-18-16(19)9-8-15-7-6-13(2)11-14(15)3/h6-9,11,20H,5,10,12H2,1-4H3,(H,18,19)/b9-8+. The average Bonchev–Trinajstić information content (AvgIpc) is 2.35. The Morgan fingerprint density at radius 2 is 2.10 bits per heavy atom. The van der Waals surface area contributed by atoms with Crippen LogP contribution in [0, 0.1) is 13.8 Å². The molecule has 0 aromatic heterocycles. The third-order valence-electron chi connectivity index (χ3n) is 3.27. The molecule has 1 rings (SSSR count). The molecule has 1 amide bonds. The second kappa shape index (κ2) is 7.25. The van der Waals surface area contributed by atoms with Crippen LogP contribution in [0.3, 0.4) is 0 Å². The van der Waals surface area contributed by atoms with Gasteiger partial charge in [-0.15, -0.1) is 0 Å². The van der Waals surface area contributed by atoms with Gasteiger partial charge in [-0.2, -0.15) is 0 Å². The van der Waals surface area contributed by atoms with E-state index in [2.05, 4.69) is 11.4 Å². The topological polar surface area (TPSA) is 49.3 Å². The van der Waals surface area contributed by atoms with Crippen LogP contribution in [-0.2, 0) is 4.79 Å². The van der Waals surface area contributed by atoms with Crippen molar-refractivity contribution < 1.29 is 9.90 Å². The minimum absolute atomic E-state index is 0.179. The maximum atomic E-state index is 11.7. The monoisotopic (exact) mass is 275 g/mol. The van der Waals surface area contributed by atoms with Crippen LogP contribution >= 0.6 is 0 Å². The minimum Gasteiger partial charge on any atom is -0.388 e. The molecule has 1 aromatic rings. The summed E-state index contributed by atoms with van der Waals surface area (Å²) in [4.78, 5) is 11.7. The molecule has 0 heterocycles. The molecule has 0 saturated carbocycles. The lowest BCUT2D eigenvalue weighted by molar-refractivity contribution is -0.117. The number of hydrogen-bond acceptors (Lipinski definition) is 2. The van der Waals surface area contributed by atoms with Gasteiger partial charge < -0.3 is 10.4 Å². The Hall–Kier alpha value is -1.61.